The number of hydrogen-bond donors (Lipinski definition) is 8. The second kappa shape index (κ2) is 15.3. The summed E-state index contributed by atoms with van der Waals surface area (Å²) in [4.78, 5) is 70.1. The minimum atomic E-state index is -1.60. The number of thioether (sulfide) groups is 1. The highest BCUT2D eigenvalue weighted by Crippen LogP contribution is 2.05. The average Bonchev–Trinajstić information content (AvgIpc) is 2.71. The van der Waals surface area contributed by atoms with Crippen molar-refractivity contribution < 1.29 is 44.1 Å². The fourth-order valence-electron chi connectivity index (χ4n) is 2.31. The molecule has 0 spiro atoms. The first-order valence-electron chi connectivity index (χ1n) is 9.35. The van der Waals surface area contributed by atoms with Crippen LogP contribution in [0.5, 0.6) is 0 Å². The quantitative estimate of drug-likeness (QED) is 0.108. The van der Waals surface area contributed by atoms with Crippen LogP contribution >= 0.6 is 24.4 Å². The van der Waals surface area contributed by atoms with E-state index in [9.17, 15) is 28.8 Å². The molecule has 0 saturated heterocycles. The summed E-state index contributed by atoms with van der Waals surface area (Å²) in [6.45, 7) is 0. The Hall–Kier alpha value is -2.52. The standard InChI is InChI=1S/C17H28N4O9S2/c1-32-5-4-9(15(27)21-11(7-31)17(29)30)19-16(28)10(6-13(24)25)20-14(26)8(18)2-3-12(22)23/h8-11,31H,2-7,18H2,1H3,(H,19,28)(H,20,26)(H,21,27)(H,22,23)(H,24,25)(H,29,30). The van der Waals surface area contributed by atoms with Crippen molar-refractivity contribution in [2.24, 2.45) is 5.73 Å². The highest BCUT2D eigenvalue weighted by atomic mass is 32.2. The molecule has 13 nitrogen and oxygen atoms in total. The first-order chi connectivity index (χ1) is 14.9. The monoisotopic (exact) mass is 496 g/mol. The molecule has 0 bridgehead atoms. The Bertz CT molecular complexity index is 708. The molecule has 4 atom stereocenters. The number of nitrogens with two attached hydrogens (primary N) is 1. The highest BCUT2D eigenvalue weighted by molar-refractivity contribution is 7.98. The largest absolute Gasteiger partial charge is 0.481 e. The summed E-state index contributed by atoms with van der Waals surface area (Å²) in [6, 6.07) is -5.40. The molecular weight excluding hydrogens is 468 g/mol. The first kappa shape index (κ1) is 29.5. The van der Waals surface area contributed by atoms with Crippen molar-refractivity contribution >= 4 is 60.0 Å². The summed E-state index contributed by atoms with van der Waals surface area (Å²) in [5, 5.41) is 33.5. The fourth-order valence-corrected chi connectivity index (χ4v) is 3.03. The molecule has 32 heavy (non-hydrogen) atoms. The van der Waals surface area contributed by atoms with Crippen LogP contribution in [0.15, 0.2) is 0 Å². The summed E-state index contributed by atoms with van der Waals surface area (Å²) < 4.78 is 0. The van der Waals surface area contributed by atoms with Crippen molar-refractivity contribution in [3.05, 3.63) is 0 Å². The molecular formula is C17H28N4O9S2. The van der Waals surface area contributed by atoms with Gasteiger partial charge in [0, 0.05) is 12.2 Å². The lowest BCUT2D eigenvalue weighted by atomic mass is 10.1. The summed E-state index contributed by atoms with van der Waals surface area (Å²) in [5.41, 5.74) is 5.57. The van der Waals surface area contributed by atoms with Crippen LogP contribution in [0.3, 0.4) is 0 Å². The maximum absolute atomic E-state index is 12.6. The van der Waals surface area contributed by atoms with Gasteiger partial charge in [0.25, 0.3) is 0 Å². The van der Waals surface area contributed by atoms with Gasteiger partial charge in [-0.05, 0) is 24.9 Å². The summed E-state index contributed by atoms with van der Waals surface area (Å²) in [6.07, 6.45) is 0.382. The Kier molecular flexibility index (Phi) is 14.1. The molecule has 0 aromatic heterocycles. The van der Waals surface area contributed by atoms with Crippen LogP contribution in [0.25, 0.3) is 0 Å². The van der Waals surface area contributed by atoms with Crippen molar-refractivity contribution in [2.75, 3.05) is 17.8 Å². The van der Waals surface area contributed by atoms with Crippen molar-refractivity contribution in [3.8, 4) is 0 Å². The molecule has 0 aliphatic heterocycles. The number of carbonyl (C=O) groups is 6. The summed E-state index contributed by atoms with van der Waals surface area (Å²) in [5.74, 6) is -6.46. The normalized spacial score (nSPS) is 14.3. The van der Waals surface area contributed by atoms with E-state index in [0.29, 0.717) is 5.75 Å². The Labute approximate surface area is 193 Å². The summed E-state index contributed by atoms with van der Waals surface area (Å²) >= 11 is 5.20. The van der Waals surface area contributed by atoms with Gasteiger partial charge in [-0.15, -0.1) is 0 Å². The molecule has 0 heterocycles. The van der Waals surface area contributed by atoms with Crippen LogP contribution in [0.4, 0.5) is 0 Å². The lowest BCUT2D eigenvalue weighted by Crippen LogP contribution is -2.57. The fraction of sp³-hybridized carbons (Fsp3) is 0.647. The van der Waals surface area contributed by atoms with Crippen LogP contribution in [0, 0.1) is 0 Å². The van der Waals surface area contributed by atoms with E-state index in [2.05, 4.69) is 28.6 Å². The van der Waals surface area contributed by atoms with E-state index in [4.69, 9.17) is 21.1 Å². The maximum Gasteiger partial charge on any atom is 0.327 e. The summed E-state index contributed by atoms with van der Waals surface area (Å²) in [7, 11) is 0. The predicted octanol–water partition coefficient (Wildman–Crippen LogP) is -2.12. The third kappa shape index (κ3) is 11.8. The van der Waals surface area contributed by atoms with Gasteiger partial charge >= 0.3 is 17.9 Å². The molecule has 0 rings (SSSR count). The van der Waals surface area contributed by atoms with Gasteiger partial charge in [0.15, 0.2) is 0 Å². The molecule has 0 aromatic rings. The maximum atomic E-state index is 12.6. The zero-order valence-electron chi connectivity index (χ0n) is 17.3. The van der Waals surface area contributed by atoms with Gasteiger partial charge in [0.1, 0.15) is 18.1 Å². The molecule has 8 N–H and O–H groups in total. The van der Waals surface area contributed by atoms with E-state index in [1.165, 1.54) is 11.8 Å². The number of carboxylic acid groups (broad SMARTS) is 3. The van der Waals surface area contributed by atoms with Gasteiger partial charge in [0.05, 0.1) is 12.5 Å². The zero-order chi connectivity index (χ0) is 24.8. The van der Waals surface area contributed by atoms with Crippen molar-refractivity contribution in [3.63, 3.8) is 0 Å². The number of aliphatic carboxylic acids is 3. The molecule has 0 aliphatic carbocycles. The van der Waals surface area contributed by atoms with E-state index in [1.807, 2.05) is 0 Å². The topological polar surface area (TPSA) is 225 Å². The second-order valence-electron chi connectivity index (χ2n) is 6.62. The van der Waals surface area contributed by atoms with Crippen LogP contribution in [0.1, 0.15) is 25.7 Å². The van der Waals surface area contributed by atoms with Gasteiger partial charge in [-0.3, -0.25) is 24.0 Å². The molecule has 0 aliphatic rings. The van der Waals surface area contributed by atoms with E-state index >= 15 is 0 Å². The Morgan fingerprint density at radius 3 is 1.84 bits per heavy atom. The number of carbonyl (C=O) groups excluding carboxylic acids is 3. The average molecular weight is 497 g/mol. The third-order valence-electron chi connectivity index (χ3n) is 4.06. The molecule has 3 amide bonds. The molecule has 0 saturated carbocycles. The second-order valence-corrected chi connectivity index (χ2v) is 7.97. The third-order valence-corrected chi connectivity index (χ3v) is 5.07. The lowest BCUT2D eigenvalue weighted by Gasteiger charge is -2.24. The number of amides is 3. The molecule has 15 heteroatoms. The van der Waals surface area contributed by atoms with Crippen LogP contribution in [-0.2, 0) is 28.8 Å². The van der Waals surface area contributed by atoms with E-state index in [0.717, 1.165) is 0 Å². The van der Waals surface area contributed by atoms with Gasteiger partial charge in [-0.2, -0.15) is 24.4 Å². The minimum Gasteiger partial charge on any atom is -0.481 e. The minimum absolute atomic E-state index is 0.101. The highest BCUT2D eigenvalue weighted by Gasteiger charge is 2.31. The molecule has 0 aromatic carbocycles. The molecule has 182 valence electrons. The van der Waals surface area contributed by atoms with Gasteiger partial charge in [-0.1, -0.05) is 0 Å². The first-order valence-corrected chi connectivity index (χ1v) is 11.4. The van der Waals surface area contributed by atoms with Crippen LogP contribution in [0.2, 0.25) is 0 Å². The van der Waals surface area contributed by atoms with Crippen LogP contribution in [-0.4, -0.2) is 92.9 Å². The number of carboxylic acids is 3. The van der Waals surface area contributed by atoms with Crippen molar-refractivity contribution in [1.82, 2.24) is 16.0 Å². The van der Waals surface area contributed by atoms with Crippen molar-refractivity contribution in [1.29, 1.82) is 0 Å². The van der Waals surface area contributed by atoms with Crippen molar-refractivity contribution in [2.45, 2.75) is 49.9 Å². The number of hydrogen-bond acceptors (Lipinski definition) is 9. The lowest BCUT2D eigenvalue weighted by molar-refractivity contribution is -0.142. The Morgan fingerprint density at radius 2 is 1.38 bits per heavy atom. The SMILES string of the molecule is CSCCC(NC(=O)C(CC(=O)O)NC(=O)C(N)CCC(=O)O)C(=O)NC(CS)C(=O)O. The van der Waals surface area contributed by atoms with E-state index in [1.54, 1.807) is 6.26 Å². The van der Waals surface area contributed by atoms with E-state index in [-0.39, 0.29) is 18.6 Å². The Balaban J connectivity index is 5.36. The molecule has 4 unspecified atom stereocenters. The number of rotatable bonds is 16. The van der Waals surface area contributed by atoms with Crippen LogP contribution < -0.4 is 21.7 Å². The Morgan fingerprint density at radius 1 is 0.844 bits per heavy atom. The number of thiol groups is 1. The zero-order valence-corrected chi connectivity index (χ0v) is 19.0. The van der Waals surface area contributed by atoms with Gasteiger partial charge in [-0.25, -0.2) is 4.79 Å². The molecule has 0 fully saturated rings. The predicted molar refractivity (Wildman–Crippen MR) is 117 cm³/mol. The van der Waals surface area contributed by atoms with E-state index < -0.39 is 72.6 Å². The molecule has 0 radical (unpaired) electrons. The number of nitrogens with one attached hydrogen (secondary N) is 3. The van der Waals surface area contributed by atoms with Gasteiger partial charge in [0.2, 0.25) is 17.7 Å². The van der Waals surface area contributed by atoms with Gasteiger partial charge < -0.3 is 37.0 Å². The smallest absolute Gasteiger partial charge is 0.327 e.